The van der Waals surface area contributed by atoms with Gasteiger partial charge in [-0.25, -0.2) is 0 Å². The quantitative estimate of drug-likeness (QED) is 0.0997. The number of esters is 2. The number of carboxylic acid groups (broad SMARTS) is 2. The molecule has 0 aliphatic rings. The molecule has 0 aliphatic heterocycles. The molecule has 0 radical (unpaired) electrons. The topological polar surface area (TPSA) is 127 Å². The highest BCUT2D eigenvalue weighted by Crippen LogP contribution is 2.33. The first-order chi connectivity index (χ1) is 21.3. The molecule has 3 rings (SSSR count). The van der Waals surface area contributed by atoms with Crippen molar-refractivity contribution in [1.29, 1.82) is 0 Å². The standard InChI is InChI=1S/C36H42O8S2/c1-33(2,29(37)38)21-45-27-17-13-25(14-18-27)43-31(41)35(5,6)23-9-11-24(12-10-23)36(7,8)32(42)44-26-15-19-28(20-16-26)46-22-34(3,4)30(39)40/h9-20H,21-22H2,1-8H3,(H,37,38)(H,39,40). The number of carbonyl (C=O) groups excluding carboxylic acids is 2. The monoisotopic (exact) mass is 666 g/mol. The van der Waals surface area contributed by atoms with E-state index < -0.39 is 45.5 Å². The van der Waals surface area contributed by atoms with Crippen LogP contribution in [0.5, 0.6) is 11.5 Å². The van der Waals surface area contributed by atoms with Crippen molar-refractivity contribution >= 4 is 47.4 Å². The molecule has 8 nitrogen and oxygen atoms in total. The Bertz CT molecular complexity index is 1440. The molecule has 0 bridgehead atoms. The van der Waals surface area contributed by atoms with Crippen molar-refractivity contribution in [2.45, 2.75) is 76.0 Å². The van der Waals surface area contributed by atoms with Gasteiger partial charge in [0.15, 0.2) is 0 Å². The van der Waals surface area contributed by atoms with Gasteiger partial charge in [0.05, 0.1) is 21.7 Å². The van der Waals surface area contributed by atoms with Gasteiger partial charge in [-0.15, -0.1) is 23.5 Å². The lowest BCUT2D eigenvalue weighted by molar-refractivity contribution is -0.146. The molecule has 0 saturated heterocycles. The largest absolute Gasteiger partial charge is 0.481 e. The van der Waals surface area contributed by atoms with Gasteiger partial charge in [0.1, 0.15) is 11.5 Å². The summed E-state index contributed by atoms with van der Waals surface area (Å²) in [5, 5.41) is 18.6. The Labute approximate surface area is 279 Å². The van der Waals surface area contributed by atoms with Gasteiger partial charge < -0.3 is 19.7 Å². The highest BCUT2D eigenvalue weighted by Gasteiger charge is 2.35. The average molecular weight is 667 g/mol. The minimum absolute atomic E-state index is 0.385. The van der Waals surface area contributed by atoms with Crippen LogP contribution in [0.1, 0.15) is 66.5 Å². The van der Waals surface area contributed by atoms with Crippen molar-refractivity contribution < 1.29 is 38.9 Å². The van der Waals surface area contributed by atoms with Crippen LogP contribution >= 0.6 is 23.5 Å². The van der Waals surface area contributed by atoms with Gasteiger partial charge in [0.2, 0.25) is 0 Å². The van der Waals surface area contributed by atoms with Gasteiger partial charge in [-0.3, -0.25) is 19.2 Å². The Morgan fingerprint density at radius 3 is 1.07 bits per heavy atom. The van der Waals surface area contributed by atoms with Gasteiger partial charge in [-0.05, 0) is 115 Å². The van der Waals surface area contributed by atoms with Crippen molar-refractivity contribution in [3.05, 3.63) is 83.9 Å². The van der Waals surface area contributed by atoms with E-state index in [2.05, 4.69) is 0 Å². The van der Waals surface area contributed by atoms with E-state index in [0.717, 1.165) is 9.79 Å². The first-order valence-corrected chi connectivity index (χ1v) is 16.7. The van der Waals surface area contributed by atoms with Crippen molar-refractivity contribution in [3.8, 4) is 11.5 Å². The first-order valence-electron chi connectivity index (χ1n) is 14.7. The molecular weight excluding hydrogens is 625 g/mol. The zero-order chi connectivity index (χ0) is 34.5. The summed E-state index contributed by atoms with van der Waals surface area (Å²) in [6.45, 7) is 13.8. The maximum absolute atomic E-state index is 13.2. The summed E-state index contributed by atoms with van der Waals surface area (Å²) in [6.07, 6.45) is 0. The Balaban J connectivity index is 1.61. The maximum Gasteiger partial charge on any atom is 0.321 e. The van der Waals surface area contributed by atoms with Gasteiger partial charge in [0, 0.05) is 21.3 Å². The number of benzene rings is 3. The van der Waals surface area contributed by atoms with E-state index in [1.807, 2.05) is 0 Å². The van der Waals surface area contributed by atoms with Crippen LogP contribution in [0.25, 0.3) is 0 Å². The maximum atomic E-state index is 13.2. The summed E-state index contributed by atoms with van der Waals surface area (Å²) < 4.78 is 11.4. The van der Waals surface area contributed by atoms with E-state index >= 15 is 0 Å². The van der Waals surface area contributed by atoms with E-state index in [0.29, 0.717) is 34.1 Å². The highest BCUT2D eigenvalue weighted by molar-refractivity contribution is 7.99. The minimum atomic E-state index is -0.985. The van der Waals surface area contributed by atoms with Gasteiger partial charge in [-0.2, -0.15) is 0 Å². The number of hydrogen-bond acceptors (Lipinski definition) is 8. The average Bonchev–Trinajstić information content (AvgIpc) is 3.00. The van der Waals surface area contributed by atoms with Crippen LogP contribution in [0.4, 0.5) is 0 Å². The van der Waals surface area contributed by atoms with E-state index in [1.54, 1.807) is 128 Å². The molecule has 0 atom stereocenters. The molecule has 3 aromatic carbocycles. The number of rotatable bonds is 14. The van der Waals surface area contributed by atoms with Crippen LogP contribution < -0.4 is 9.47 Å². The van der Waals surface area contributed by atoms with Crippen molar-refractivity contribution in [2.24, 2.45) is 10.8 Å². The van der Waals surface area contributed by atoms with Gasteiger partial charge in [-0.1, -0.05) is 24.3 Å². The molecule has 3 aromatic rings. The molecule has 0 spiro atoms. The second kappa shape index (κ2) is 14.3. The van der Waals surface area contributed by atoms with Crippen LogP contribution in [0.2, 0.25) is 0 Å². The predicted octanol–water partition coefficient (Wildman–Crippen LogP) is 7.86. The summed E-state index contributed by atoms with van der Waals surface area (Å²) in [6, 6.07) is 21.2. The van der Waals surface area contributed by atoms with Crippen LogP contribution in [-0.4, -0.2) is 45.6 Å². The molecule has 10 heteroatoms. The molecular formula is C36H42O8S2. The molecule has 0 fully saturated rings. The zero-order valence-corrected chi connectivity index (χ0v) is 29.1. The number of carbonyl (C=O) groups is 4. The first kappa shape index (κ1) is 36.7. The number of thioether (sulfide) groups is 2. The summed E-state index contributed by atoms with van der Waals surface area (Å²) in [5.41, 5.74) is -2.26. The number of aliphatic carboxylic acids is 2. The second-order valence-electron chi connectivity index (χ2n) is 13.5. The molecule has 0 amide bonds. The van der Waals surface area contributed by atoms with Crippen molar-refractivity contribution in [2.75, 3.05) is 11.5 Å². The lowest BCUT2D eigenvalue weighted by Crippen LogP contribution is -2.35. The molecule has 0 unspecified atom stereocenters. The van der Waals surface area contributed by atoms with Gasteiger partial charge in [0.25, 0.3) is 0 Å². The van der Waals surface area contributed by atoms with E-state index in [4.69, 9.17) is 9.47 Å². The Morgan fingerprint density at radius 2 is 0.804 bits per heavy atom. The van der Waals surface area contributed by atoms with E-state index in [9.17, 15) is 29.4 Å². The fraction of sp³-hybridized carbons (Fsp3) is 0.389. The minimum Gasteiger partial charge on any atom is -0.481 e. The zero-order valence-electron chi connectivity index (χ0n) is 27.5. The number of hydrogen-bond donors (Lipinski definition) is 2. The van der Waals surface area contributed by atoms with Crippen LogP contribution in [0.15, 0.2) is 82.6 Å². The Kier molecular flexibility index (Phi) is 11.4. The molecule has 46 heavy (non-hydrogen) atoms. The summed E-state index contributed by atoms with van der Waals surface area (Å²) in [4.78, 5) is 50.8. The second-order valence-corrected chi connectivity index (χ2v) is 15.6. The predicted molar refractivity (Wildman–Crippen MR) is 181 cm³/mol. The van der Waals surface area contributed by atoms with Crippen molar-refractivity contribution in [3.63, 3.8) is 0 Å². The molecule has 2 N–H and O–H groups in total. The third-order valence-corrected chi connectivity index (χ3v) is 10.7. The fourth-order valence-corrected chi connectivity index (χ4v) is 5.83. The lowest BCUT2D eigenvalue weighted by Gasteiger charge is -2.26. The van der Waals surface area contributed by atoms with E-state index in [1.165, 1.54) is 23.5 Å². The van der Waals surface area contributed by atoms with Crippen molar-refractivity contribution in [1.82, 2.24) is 0 Å². The lowest BCUT2D eigenvalue weighted by atomic mass is 9.80. The summed E-state index contributed by atoms with van der Waals surface area (Å²) in [5.74, 6) is -1.03. The molecule has 0 aliphatic carbocycles. The molecule has 0 heterocycles. The number of ether oxygens (including phenoxy) is 2. The van der Waals surface area contributed by atoms with Crippen LogP contribution in [0.3, 0.4) is 0 Å². The molecule has 0 aromatic heterocycles. The Morgan fingerprint density at radius 1 is 0.522 bits per heavy atom. The Hall–Kier alpha value is -3.76. The third kappa shape index (κ3) is 9.16. The van der Waals surface area contributed by atoms with Crippen LogP contribution in [0, 0.1) is 10.8 Å². The highest BCUT2D eigenvalue weighted by atomic mass is 32.2. The normalized spacial score (nSPS) is 12.3. The van der Waals surface area contributed by atoms with E-state index in [-0.39, 0.29) is 0 Å². The smallest absolute Gasteiger partial charge is 0.321 e. The number of carboxylic acids is 2. The summed E-state index contributed by atoms with van der Waals surface area (Å²) in [7, 11) is 0. The molecule has 246 valence electrons. The molecule has 0 saturated carbocycles. The van der Waals surface area contributed by atoms with Gasteiger partial charge >= 0.3 is 23.9 Å². The third-order valence-electron chi connectivity index (χ3n) is 7.77. The SMILES string of the molecule is CC(C)(CSc1ccc(OC(=O)C(C)(C)c2ccc(C(C)(C)C(=O)Oc3ccc(SCC(C)(C)C(=O)O)cc3)cc2)cc1)C(=O)O. The summed E-state index contributed by atoms with van der Waals surface area (Å²) >= 11 is 2.85. The fourth-order valence-electron chi connectivity index (χ4n) is 3.87. The van der Waals surface area contributed by atoms with Crippen LogP contribution in [-0.2, 0) is 30.0 Å².